The van der Waals surface area contributed by atoms with Crippen molar-refractivity contribution >= 4 is 5.91 Å². The SMILES string of the molecule is COc1cc2c(cc1CNC(=O)C1CCCN(Cc3ccco3)C1)CCC2. The number of nitrogens with zero attached hydrogens (tertiary/aromatic N) is 1. The van der Waals surface area contributed by atoms with Crippen LogP contribution in [0.5, 0.6) is 5.75 Å². The van der Waals surface area contributed by atoms with Gasteiger partial charge in [0.15, 0.2) is 0 Å². The molecule has 1 atom stereocenters. The molecular weight excluding hydrogens is 340 g/mol. The first-order chi connectivity index (χ1) is 13.2. The first-order valence-electron chi connectivity index (χ1n) is 9.94. The van der Waals surface area contributed by atoms with Crippen LogP contribution in [0.4, 0.5) is 0 Å². The summed E-state index contributed by atoms with van der Waals surface area (Å²) in [5.41, 5.74) is 3.87. The van der Waals surface area contributed by atoms with Gasteiger partial charge in [-0.25, -0.2) is 0 Å². The molecule has 1 aliphatic carbocycles. The van der Waals surface area contributed by atoms with Gasteiger partial charge in [0, 0.05) is 18.7 Å². The molecular formula is C22H28N2O3. The molecule has 1 unspecified atom stereocenters. The number of amides is 1. The van der Waals surface area contributed by atoms with Crippen LogP contribution in [0.2, 0.25) is 0 Å². The predicted molar refractivity (Wildman–Crippen MR) is 104 cm³/mol. The minimum atomic E-state index is 0.0362. The maximum atomic E-state index is 12.8. The van der Waals surface area contributed by atoms with E-state index in [1.54, 1.807) is 13.4 Å². The summed E-state index contributed by atoms with van der Waals surface area (Å²) in [7, 11) is 1.70. The lowest BCUT2D eigenvalue weighted by Gasteiger charge is -2.31. The van der Waals surface area contributed by atoms with E-state index in [1.807, 2.05) is 12.1 Å². The van der Waals surface area contributed by atoms with Gasteiger partial charge in [-0.15, -0.1) is 0 Å². The number of methoxy groups -OCH3 is 1. The molecule has 0 bridgehead atoms. The summed E-state index contributed by atoms with van der Waals surface area (Å²) in [4.78, 5) is 15.1. The smallest absolute Gasteiger partial charge is 0.224 e. The van der Waals surface area contributed by atoms with Gasteiger partial charge in [-0.3, -0.25) is 9.69 Å². The van der Waals surface area contributed by atoms with Gasteiger partial charge >= 0.3 is 0 Å². The highest BCUT2D eigenvalue weighted by Crippen LogP contribution is 2.30. The van der Waals surface area contributed by atoms with Gasteiger partial charge in [-0.2, -0.15) is 0 Å². The Labute approximate surface area is 160 Å². The van der Waals surface area contributed by atoms with Crippen LogP contribution in [0.1, 0.15) is 41.7 Å². The fraction of sp³-hybridized carbons (Fsp3) is 0.500. The zero-order valence-electron chi connectivity index (χ0n) is 16.0. The first kappa shape index (κ1) is 18.1. The molecule has 1 amide bonds. The number of furan rings is 1. The third-order valence-corrected chi connectivity index (χ3v) is 5.78. The van der Waals surface area contributed by atoms with Crippen molar-refractivity contribution in [3.63, 3.8) is 0 Å². The molecule has 5 heteroatoms. The third-order valence-electron chi connectivity index (χ3n) is 5.78. The Morgan fingerprint density at radius 1 is 1.30 bits per heavy atom. The molecule has 144 valence electrons. The van der Waals surface area contributed by atoms with Crippen LogP contribution in [0.25, 0.3) is 0 Å². The number of ether oxygens (including phenoxy) is 1. The van der Waals surface area contributed by atoms with E-state index in [0.29, 0.717) is 6.54 Å². The lowest BCUT2D eigenvalue weighted by molar-refractivity contribution is -0.127. The van der Waals surface area contributed by atoms with E-state index in [2.05, 4.69) is 22.3 Å². The van der Waals surface area contributed by atoms with E-state index in [0.717, 1.165) is 62.4 Å². The van der Waals surface area contributed by atoms with Crippen LogP contribution in [-0.2, 0) is 30.7 Å². The van der Waals surface area contributed by atoms with Crippen molar-refractivity contribution in [1.29, 1.82) is 0 Å². The highest BCUT2D eigenvalue weighted by atomic mass is 16.5. The van der Waals surface area contributed by atoms with Gasteiger partial charge in [0.25, 0.3) is 0 Å². The number of likely N-dealkylation sites (tertiary alicyclic amines) is 1. The van der Waals surface area contributed by atoms with Crippen LogP contribution in [0, 0.1) is 5.92 Å². The average Bonchev–Trinajstić information content (AvgIpc) is 3.36. The first-order valence-corrected chi connectivity index (χ1v) is 9.94. The van der Waals surface area contributed by atoms with Gasteiger partial charge < -0.3 is 14.5 Å². The number of carbonyl (C=O) groups excluding carboxylic acids is 1. The summed E-state index contributed by atoms with van der Waals surface area (Å²) >= 11 is 0. The van der Waals surface area contributed by atoms with E-state index < -0.39 is 0 Å². The highest BCUT2D eigenvalue weighted by molar-refractivity contribution is 5.79. The Morgan fingerprint density at radius 2 is 2.15 bits per heavy atom. The van der Waals surface area contributed by atoms with Crippen molar-refractivity contribution in [2.45, 2.75) is 45.2 Å². The second-order valence-corrected chi connectivity index (χ2v) is 7.66. The maximum absolute atomic E-state index is 12.8. The summed E-state index contributed by atoms with van der Waals surface area (Å²) < 4.78 is 11.0. The third kappa shape index (κ3) is 4.19. The largest absolute Gasteiger partial charge is 0.496 e. The molecule has 27 heavy (non-hydrogen) atoms. The zero-order valence-corrected chi connectivity index (χ0v) is 16.0. The number of rotatable bonds is 6. The van der Waals surface area contributed by atoms with Crippen molar-refractivity contribution in [2.75, 3.05) is 20.2 Å². The molecule has 1 aromatic heterocycles. The highest BCUT2D eigenvalue weighted by Gasteiger charge is 2.26. The molecule has 4 rings (SSSR count). The number of carbonyl (C=O) groups is 1. The Kier molecular flexibility index (Phi) is 5.48. The molecule has 1 saturated heterocycles. The summed E-state index contributed by atoms with van der Waals surface area (Å²) in [5, 5.41) is 3.14. The van der Waals surface area contributed by atoms with Gasteiger partial charge in [-0.1, -0.05) is 6.07 Å². The fourth-order valence-electron chi connectivity index (χ4n) is 4.34. The second-order valence-electron chi connectivity index (χ2n) is 7.66. The summed E-state index contributed by atoms with van der Waals surface area (Å²) in [5.74, 6) is 2.02. The Morgan fingerprint density at radius 3 is 2.93 bits per heavy atom. The molecule has 2 heterocycles. The van der Waals surface area contributed by atoms with Crippen molar-refractivity contribution in [2.24, 2.45) is 5.92 Å². The summed E-state index contributed by atoms with van der Waals surface area (Å²) in [6.07, 6.45) is 7.16. The molecule has 2 aromatic rings. The van der Waals surface area contributed by atoms with Crippen LogP contribution >= 0.6 is 0 Å². The van der Waals surface area contributed by atoms with E-state index in [-0.39, 0.29) is 11.8 Å². The summed E-state index contributed by atoms with van der Waals surface area (Å²) in [6.45, 7) is 3.11. The minimum absolute atomic E-state index is 0.0362. The molecule has 2 aliphatic rings. The van der Waals surface area contributed by atoms with Crippen molar-refractivity contribution in [3.8, 4) is 5.75 Å². The molecule has 1 aliphatic heterocycles. The normalized spacial score (nSPS) is 19.7. The van der Waals surface area contributed by atoms with Crippen molar-refractivity contribution in [1.82, 2.24) is 10.2 Å². The topological polar surface area (TPSA) is 54.7 Å². The predicted octanol–water partition coefficient (Wildman–Crippen LogP) is 3.31. The molecule has 0 radical (unpaired) electrons. The monoisotopic (exact) mass is 368 g/mol. The fourth-order valence-corrected chi connectivity index (χ4v) is 4.34. The number of hydrogen-bond acceptors (Lipinski definition) is 4. The Bertz CT molecular complexity index is 785. The Hall–Kier alpha value is -2.27. The van der Waals surface area contributed by atoms with Crippen molar-refractivity contribution < 1.29 is 13.9 Å². The lowest BCUT2D eigenvalue weighted by atomic mass is 9.96. The van der Waals surface area contributed by atoms with Gasteiger partial charge in [-0.05, 0) is 68.0 Å². The standard InChI is InChI=1S/C22H28N2O3/c1-26-21-12-17-6-2-5-16(17)11-19(21)13-23-22(25)18-7-3-9-24(14-18)15-20-8-4-10-27-20/h4,8,10-12,18H,2-3,5-7,9,13-15H2,1H3,(H,23,25). The number of aryl methyl sites for hydroxylation is 2. The second kappa shape index (κ2) is 8.17. The van der Waals surface area contributed by atoms with E-state index in [9.17, 15) is 4.79 Å². The zero-order chi connectivity index (χ0) is 18.6. The number of fused-ring (bicyclic) bond motifs is 1. The average molecular weight is 368 g/mol. The van der Waals surface area contributed by atoms with E-state index >= 15 is 0 Å². The number of nitrogens with one attached hydrogen (secondary N) is 1. The lowest BCUT2D eigenvalue weighted by Crippen LogP contribution is -2.42. The van der Waals surface area contributed by atoms with Gasteiger partial charge in [0.2, 0.25) is 5.91 Å². The van der Waals surface area contributed by atoms with Crippen LogP contribution in [0.3, 0.4) is 0 Å². The van der Waals surface area contributed by atoms with Crippen LogP contribution in [-0.4, -0.2) is 31.0 Å². The van der Waals surface area contributed by atoms with Crippen LogP contribution in [0.15, 0.2) is 34.9 Å². The molecule has 1 aromatic carbocycles. The number of benzene rings is 1. The van der Waals surface area contributed by atoms with Crippen molar-refractivity contribution in [3.05, 3.63) is 53.0 Å². The number of hydrogen-bond donors (Lipinski definition) is 1. The summed E-state index contributed by atoms with van der Waals surface area (Å²) in [6, 6.07) is 8.26. The molecule has 1 fully saturated rings. The molecule has 1 N–H and O–H groups in total. The quantitative estimate of drug-likeness (QED) is 0.850. The van der Waals surface area contributed by atoms with Gasteiger partial charge in [0.05, 0.1) is 25.8 Å². The minimum Gasteiger partial charge on any atom is -0.496 e. The molecule has 0 saturated carbocycles. The van der Waals surface area contributed by atoms with Gasteiger partial charge in [0.1, 0.15) is 11.5 Å². The van der Waals surface area contributed by atoms with E-state index in [4.69, 9.17) is 9.15 Å². The van der Waals surface area contributed by atoms with E-state index in [1.165, 1.54) is 17.5 Å². The molecule has 5 nitrogen and oxygen atoms in total. The Balaban J connectivity index is 1.35. The number of piperidine rings is 1. The van der Waals surface area contributed by atoms with Crippen LogP contribution < -0.4 is 10.1 Å². The maximum Gasteiger partial charge on any atom is 0.224 e. The molecule has 0 spiro atoms.